The van der Waals surface area contributed by atoms with Crippen LogP contribution in [0.15, 0.2) is 59.0 Å². The lowest BCUT2D eigenvalue weighted by atomic mass is 9.90. The van der Waals surface area contributed by atoms with Crippen LogP contribution in [-0.4, -0.2) is 22.6 Å². The largest absolute Gasteiger partial charge is 0.429 e. The first-order chi connectivity index (χ1) is 11.8. The van der Waals surface area contributed by atoms with Gasteiger partial charge in [0.1, 0.15) is 0 Å². The highest BCUT2D eigenvalue weighted by atomic mass is 32.1. The summed E-state index contributed by atoms with van der Waals surface area (Å²) in [5.74, 6) is 0.790. The number of hydrogen-bond donors (Lipinski definition) is 0. The second kappa shape index (κ2) is 6.91. The first kappa shape index (κ1) is 15.6. The topological polar surface area (TPSA) is 21.3 Å². The molecule has 1 aliphatic rings. The van der Waals surface area contributed by atoms with E-state index in [2.05, 4.69) is 45.9 Å². The van der Waals surface area contributed by atoms with Crippen molar-refractivity contribution in [3.8, 4) is 0 Å². The molecule has 2 aromatic carbocycles. The minimum absolute atomic E-state index is 0.572. The average molecular weight is 338 g/mol. The van der Waals surface area contributed by atoms with Gasteiger partial charge in [-0.15, -0.1) is 0 Å². The average Bonchev–Trinajstić information content (AvgIpc) is 2.93. The molecule has 0 N–H and O–H groups in total. The molecule has 0 atom stereocenters. The van der Waals surface area contributed by atoms with E-state index < -0.39 is 0 Å². The van der Waals surface area contributed by atoms with Crippen LogP contribution in [0.25, 0.3) is 11.1 Å². The molecule has 3 nitrogen and oxygen atoms in total. The van der Waals surface area contributed by atoms with Gasteiger partial charge in [0.15, 0.2) is 5.58 Å². The Bertz CT molecular complexity index is 860. The van der Waals surface area contributed by atoms with Crippen molar-refractivity contribution in [2.75, 3.05) is 13.1 Å². The van der Waals surface area contributed by atoms with E-state index in [0.29, 0.717) is 4.84 Å². The Labute approximate surface area is 147 Å². The van der Waals surface area contributed by atoms with Crippen LogP contribution in [0, 0.1) is 10.8 Å². The summed E-state index contributed by atoms with van der Waals surface area (Å²) >= 11 is 5.40. The smallest absolute Gasteiger partial charge is 0.270 e. The van der Waals surface area contributed by atoms with E-state index in [1.165, 1.54) is 24.8 Å². The van der Waals surface area contributed by atoms with E-state index in [4.69, 9.17) is 16.6 Å². The number of aromatic nitrogens is 1. The summed E-state index contributed by atoms with van der Waals surface area (Å²) in [5.41, 5.74) is 3.43. The summed E-state index contributed by atoms with van der Waals surface area (Å²) in [6.07, 6.45) is 3.69. The molecule has 0 spiro atoms. The third-order valence-corrected chi connectivity index (χ3v) is 5.29. The van der Waals surface area contributed by atoms with Crippen molar-refractivity contribution < 1.29 is 4.42 Å². The first-order valence-corrected chi connectivity index (χ1v) is 9.05. The quantitative estimate of drug-likeness (QED) is 0.633. The number of para-hydroxylation sites is 2. The SMILES string of the molecule is S=c1oc2ccccc2n1CN1CCC(Cc2ccccc2)CC1. The minimum atomic E-state index is 0.572. The summed E-state index contributed by atoms with van der Waals surface area (Å²) in [6.45, 7) is 3.07. The van der Waals surface area contributed by atoms with E-state index in [0.717, 1.165) is 36.8 Å². The third-order valence-electron chi connectivity index (χ3n) is 4.99. The van der Waals surface area contributed by atoms with Crippen LogP contribution in [0.2, 0.25) is 0 Å². The van der Waals surface area contributed by atoms with Gasteiger partial charge in [0, 0.05) is 13.1 Å². The van der Waals surface area contributed by atoms with Gasteiger partial charge in [-0.2, -0.15) is 0 Å². The molecule has 1 fully saturated rings. The predicted octanol–water partition coefficient (Wildman–Crippen LogP) is 4.88. The molecular weight excluding hydrogens is 316 g/mol. The van der Waals surface area contributed by atoms with Crippen molar-refractivity contribution in [2.24, 2.45) is 5.92 Å². The van der Waals surface area contributed by atoms with Crippen LogP contribution in [-0.2, 0) is 13.1 Å². The van der Waals surface area contributed by atoms with Gasteiger partial charge in [-0.1, -0.05) is 42.5 Å². The Hall–Kier alpha value is -1.91. The lowest BCUT2D eigenvalue weighted by molar-refractivity contribution is 0.147. The number of nitrogens with zero attached hydrogens (tertiary/aromatic N) is 2. The van der Waals surface area contributed by atoms with E-state index in [9.17, 15) is 0 Å². The zero-order chi connectivity index (χ0) is 16.4. The molecule has 1 aliphatic heterocycles. The fourth-order valence-electron chi connectivity index (χ4n) is 3.63. The summed E-state index contributed by atoms with van der Waals surface area (Å²) in [7, 11) is 0. The van der Waals surface area contributed by atoms with Crippen molar-refractivity contribution >= 4 is 23.3 Å². The molecular formula is C20H22N2OS. The molecule has 1 aromatic heterocycles. The minimum Gasteiger partial charge on any atom is -0.429 e. The van der Waals surface area contributed by atoms with Gasteiger partial charge >= 0.3 is 0 Å². The maximum Gasteiger partial charge on any atom is 0.270 e. The van der Waals surface area contributed by atoms with Crippen LogP contribution in [0.1, 0.15) is 18.4 Å². The molecule has 4 rings (SSSR count). The van der Waals surface area contributed by atoms with Crippen molar-refractivity contribution in [1.29, 1.82) is 0 Å². The molecule has 1 saturated heterocycles. The van der Waals surface area contributed by atoms with Gasteiger partial charge in [0.25, 0.3) is 4.84 Å². The maximum atomic E-state index is 5.69. The Balaban J connectivity index is 1.39. The molecule has 24 heavy (non-hydrogen) atoms. The van der Waals surface area contributed by atoms with E-state index >= 15 is 0 Å². The third kappa shape index (κ3) is 3.30. The highest BCUT2D eigenvalue weighted by Gasteiger charge is 2.20. The second-order valence-electron chi connectivity index (χ2n) is 6.66. The summed E-state index contributed by atoms with van der Waals surface area (Å²) in [6, 6.07) is 18.9. The van der Waals surface area contributed by atoms with Crippen molar-refractivity contribution in [3.63, 3.8) is 0 Å². The number of oxazole rings is 1. The van der Waals surface area contributed by atoms with Gasteiger partial charge < -0.3 is 4.42 Å². The summed E-state index contributed by atoms with van der Waals surface area (Å²) in [4.78, 5) is 3.06. The molecule has 0 amide bonds. The van der Waals surface area contributed by atoms with Gasteiger partial charge in [0.2, 0.25) is 0 Å². The van der Waals surface area contributed by atoms with E-state index in [1.54, 1.807) is 0 Å². The molecule has 0 saturated carbocycles. The predicted molar refractivity (Wildman–Crippen MR) is 99.5 cm³/mol. The molecule has 124 valence electrons. The standard InChI is InChI=1S/C20H22N2OS/c24-20-22(18-8-4-5-9-19(18)23-20)15-21-12-10-17(11-13-21)14-16-6-2-1-3-7-16/h1-9,17H,10-15H2. The fourth-order valence-corrected chi connectivity index (χ4v) is 3.87. The number of hydrogen-bond acceptors (Lipinski definition) is 3. The summed E-state index contributed by atoms with van der Waals surface area (Å²) < 4.78 is 7.81. The number of piperidine rings is 1. The van der Waals surface area contributed by atoms with Crippen LogP contribution in [0.3, 0.4) is 0 Å². The Kier molecular flexibility index (Phi) is 4.50. The Morgan fingerprint density at radius 1 is 0.958 bits per heavy atom. The van der Waals surface area contributed by atoms with Gasteiger partial charge in [0.05, 0.1) is 12.2 Å². The number of likely N-dealkylation sites (tertiary alicyclic amines) is 1. The lowest BCUT2D eigenvalue weighted by Crippen LogP contribution is -2.35. The number of benzene rings is 2. The van der Waals surface area contributed by atoms with E-state index in [1.807, 2.05) is 18.2 Å². The molecule has 0 unspecified atom stereocenters. The first-order valence-electron chi connectivity index (χ1n) is 8.64. The van der Waals surface area contributed by atoms with Crippen molar-refractivity contribution in [2.45, 2.75) is 25.9 Å². The van der Waals surface area contributed by atoms with Crippen LogP contribution < -0.4 is 0 Å². The highest BCUT2D eigenvalue weighted by Crippen LogP contribution is 2.23. The van der Waals surface area contributed by atoms with Gasteiger partial charge in [-0.25, -0.2) is 0 Å². The Morgan fingerprint density at radius 2 is 1.67 bits per heavy atom. The molecule has 0 aliphatic carbocycles. The molecule has 4 heteroatoms. The molecule has 3 aromatic rings. The summed E-state index contributed by atoms with van der Waals surface area (Å²) in [5, 5.41) is 0. The van der Waals surface area contributed by atoms with Crippen LogP contribution in [0.5, 0.6) is 0 Å². The molecule has 2 heterocycles. The van der Waals surface area contributed by atoms with Gasteiger partial charge in [-0.05, 0) is 55.1 Å². The zero-order valence-corrected chi connectivity index (χ0v) is 14.5. The molecule has 0 bridgehead atoms. The lowest BCUT2D eigenvalue weighted by Gasteiger charge is -2.32. The zero-order valence-electron chi connectivity index (χ0n) is 13.7. The highest BCUT2D eigenvalue weighted by molar-refractivity contribution is 7.71. The monoisotopic (exact) mass is 338 g/mol. The number of rotatable bonds is 4. The maximum absolute atomic E-state index is 5.69. The fraction of sp³-hybridized carbons (Fsp3) is 0.350. The normalized spacial score (nSPS) is 16.7. The van der Waals surface area contributed by atoms with Crippen LogP contribution >= 0.6 is 12.2 Å². The molecule has 0 radical (unpaired) electrons. The van der Waals surface area contributed by atoms with Crippen LogP contribution in [0.4, 0.5) is 0 Å². The van der Waals surface area contributed by atoms with Gasteiger partial charge in [-0.3, -0.25) is 9.47 Å². The van der Waals surface area contributed by atoms with Crippen molar-refractivity contribution in [3.05, 3.63) is 65.0 Å². The Morgan fingerprint density at radius 3 is 2.46 bits per heavy atom. The number of fused-ring (bicyclic) bond motifs is 1. The van der Waals surface area contributed by atoms with E-state index in [-0.39, 0.29) is 0 Å². The van der Waals surface area contributed by atoms with Crippen molar-refractivity contribution in [1.82, 2.24) is 9.47 Å². The second-order valence-corrected chi connectivity index (χ2v) is 7.01.